The van der Waals surface area contributed by atoms with E-state index in [1.54, 1.807) is 6.92 Å². The van der Waals surface area contributed by atoms with E-state index in [0.717, 1.165) is 0 Å². The van der Waals surface area contributed by atoms with Gasteiger partial charge in [-0.25, -0.2) is 4.98 Å². The summed E-state index contributed by atoms with van der Waals surface area (Å²) < 4.78 is 4.93. The lowest BCUT2D eigenvalue weighted by atomic mass is 10.2. The molecule has 5 nitrogen and oxygen atoms in total. The first kappa shape index (κ1) is 11.6. The summed E-state index contributed by atoms with van der Waals surface area (Å²) in [4.78, 5) is 15.7. The molecule has 0 aliphatic rings. The van der Waals surface area contributed by atoms with Gasteiger partial charge in [-0.05, 0) is 6.92 Å². The van der Waals surface area contributed by atoms with E-state index in [-0.39, 0.29) is 17.6 Å². The van der Waals surface area contributed by atoms with E-state index >= 15 is 0 Å². The van der Waals surface area contributed by atoms with E-state index in [1.807, 2.05) is 6.92 Å². The summed E-state index contributed by atoms with van der Waals surface area (Å²) in [6.07, 6.45) is 1.24. The van der Waals surface area contributed by atoms with Crippen LogP contribution in [0, 0.1) is 12.8 Å². The zero-order chi connectivity index (χ0) is 11.4. The third-order valence-electron chi connectivity index (χ3n) is 2.01. The summed E-state index contributed by atoms with van der Waals surface area (Å²) in [5.74, 6) is -0.106. The van der Waals surface area contributed by atoms with Crippen molar-refractivity contribution in [1.82, 2.24) is 10.3 Å². The molecule has 0 aliphatic heterocycles. The first-order chi connectivity index (χ1) is 7.02. The third-order valence-corrected chi connectivity index (χ3v) is 2.41. The number of amides is 1. The van der Waals surface area contributed by atoms with Crippen LogP contribution in [-0.2, 0) is 0 Å². The summed E-state index contributed by atoms with van der Waals surface area (Å²) in [5.41, 5.74) is 5.98. The van der Waals surface area contributed by atoms with Crippen LogP contribution in [0.5, 0.6) is 0 Å². The number of carbonyl (C=O) groups is 1. The minimum absolute atomic E-state index is 0.0350. The summed E-state index contributed by atoms with van der Waals surface area (Å²) in [6, 6.07) is 0. The highest BCUT2D eigenvalue weighted by molar-refractivity contribution is 7.80. The minimum Gasteiger partial charge on any atom is -0.438 e. The maximum atomic E-state index is 11.5. The molecule has 1 aromatic heterocycles. The summed E-state index contributed by atoms with van der Waals surface area (Å²) in [5, 5.41) is 2.67. The molecule has 0 aromatic carbocycles. The molecule has 0 radical (unpaired) electrons. The predicted molar refractivity (Wildman–Crippen MR) is 59.5 cm³/mol. The number of oxazole rings is 1. The molecule has 0 bridgehead atoms. The third kappa shape index (κ3) is 3.02. The van der Waals surface area contributed by atoms with Crippen LogP contribution < -0.4 is 11.1 Å². The topological polar surface area (TPSA) is 81.2 Å². The Morgan fingerprint density at radius 2 is 2.47 bits per heavy atom. The van der Waals surface area contributed by atoms with E-state index in [1.165, 1.54) is 6.39 Å². The summed E-state index contributed by atoms with van der Waals surface area (Å²) in [7, 11) is 0. The molecule has 0 spiro atoms. The van der Waals surface area contributed by atoms with Crippen LogP contribution in [0.4, 0.5) is 0 Å². The molecule has 1 aromatic rings. The van der Waals surface area contributed by atoms with Crippen LogP contribution >= 0.6 is 12.2 Å². The Balaban J connectivity index is 2.51. The van der Waals surface area contributed by atoms with E-state index in [9.17, 15) is 4.79 Å². The predicted octanol–water partition coefficient (Wildman–Crippen LogP) is 0.635. The molecule has 3 N–H and O–H groups in total. The molecule has 0 aliphatic carbocycles. The molecule has 1 rings (SSSR count). The van der Waals surface area contributed by atoms with Gasteiger partial charge in [-0.15, -0.1) is 0 Å². The van der Waals surface area contributed by atoms with E-state index < -0.39 is 0 Å². The fraction of sp³-hybridized carbons (Fsp3) is 0.444. The lowest BCUT2D eigenvalue weighted by Gasteiger charge is -2.09. The molecular weight excluding hydrogens is 214 g/mol. The normalized spacial score (nSPS) is 12.1. The summed E-state index contributed by atoms with van der Waals surface area (Å²) >= 11 is 4.79. The monoisotopic (exact) mass is 227 g/mol. The van der Waals surface area contributed by atoms with Gasteiger partial charge >= 0.3 is 0 Å². The molecule has 1 unspecified atom stereocenters. The molecule has 0 saturated carbocycles. The number of nitrogens with zero attached hydrogens (tertiary/aromatic N) is 1. The van der Waals surface area contributed by atoms with Gasteiger partial charge in [0.15, 0.2) is 6.39 Å². The molecule has 0 fully saturated rings. The van der Waals surface area contributed by atoms with Crippen molar-refractivity contribution in [2.75, 3.05) is 6.54 Å². The maximum Gasteiger partial charge on any atom is 0.289 e. The van der Waals surface area contributed by atoms with Gasteiger partial charge in [0.25, 0.3) is 5.91 Å². The first-order valence-corrected chi connectivity index (χ1v) is 4.90. The average molecular weight is 227 g/mol. The van der Waals surface area contributed by atoms with Crippen molar-refractivity contribution < 1.29 is 9.21 Å². The van der Waals surface area contributed by atoms with Crippen LogP contribution in [-0.4, -0.2) is 22.4 Å². The van der Waals surface area contributed by atoms with E-state index in [0.29, 0.717) is 17.2 Å². The second kappa shape index (κ2) is 4.88. The largest absolute Gasteiger partial charge is 0.438 e. The van der Waals surface area contributed by atoms with Gasteiger partial charge in [0.1, 0.15) is 0 Å². The molecule has 15 heavy (non-hydrogen) atoms. The molecule has 0 saturated heterocycles. The van der Waals surface area contributed by atoms with Gasteiger partial charge in [0.05, 0.1) is 10.7 Å². The van der Waals surface area contributed by atoms with E-state index in [4.69, 9.17) is 22.4 Å². The second-order valence-electron chi connectivity index (χ2n) is 3.28. The number of nitrogens with two attached hydrogens (primary N) is 1. The number of carbonyl (C=O) groups excluding carboxylic acids is 1. The highest BCUT2D eigenvalue weighted by Crippen LogP contribution is 2.04. The van der Waals surface area contributed by atoms with Crippen LogP contribution in [0.3, 0.4) is 0 Å². The number of hydrogen-bond donors (Lipinski definition) is 2. The van der Waals surface area contributed by atoms with Gasteiger partial charge in [0, 0.05) is 12.5 Å². The molecule has 82 valence electrons. The van der Waals surface area contributed by atoms with Gasteiger partial charge in [-0.3, -0.25) is 4.79 Å². The van der Waals surface area contributed by atoms with Gasteiger partial charge < -0.3 is 15.5 Å². The lowest BCUT2D eigenvalue weighted by Crippen LogP contribution is -2.33. The first-order valence-electron chi connectivity index (χ1n) is 4.50. The zero-order valence-corrected chi connectivity index (χ0v) is 9.43. The Hall–Kier alpha value is -1.43. The highest BCUT2D eigenvalue weighted by Gasteiger charge is 2.14. The fourth-order valence-corrected chi connectivity index (χ4v) is 1.03. The molecule has 1 amide bonds. The number of nitrogens with one attached hydrogen (secondary N) is 1. The van der Waals surface area contributed by atoms with Crippen LogP contribution in [0.15, 0.2) is 10.8 Å². The average Bonchev–Trinajstić information content (AvgIpc) is 2.60. The number of rotatable bonds is 4. The van der Waals surface area contributed by atoms with Crippen LogP contribution in [0.2, 0.25) is 0 Å². The Kier molecular flexibility index (Phi) is 3.79. The zero-order valence-electron chi connectivity index (χ0n) is 8.61. The quantitative estimate of drug-likeness (QED) is 0.737. The molecule has 6 heteroatoms. The lowest BCUT2D eigenvalue weighted by molar-refractivity contribution is 0.0922. The number of aromatic nitrogens is 1. The second-order valence-corrected chi connectivity index (χ2v) is 3.75. The minimum atomic E-state index is -0.298. The molecule has 1 atom stereocenters. The van der Waals surface area contributed by atoms with Crippen LogP contribution in [0.25, 0.3) is 0 Å². The van der Waals surface area contributed by atoms with Crippen molar-refractivity contribution in [3.05, 3.63) is 17.8 Å². The van der Waals surface area contributed by atoms with Crippen LogP contribution in [0.1, 0.15) is 23.2 Å². The summed E-state index contributed by atoms with van der Waals surface area (Å²) in [6.45, 7) is 3.94. The van der Waals surface area contributed by atoms with Gasteiger partial charge in [-0.2, -0.15) is 0 Å². The standard InChI is InChI=1S/C9H13N3O2S/c1-5(8(10)15)3-11-9(13)7-6(2)12-4-14-7/h4-5H,3H2,1-2H3,(H2,10,15)(H,11,13). The molecule has 1 heterocycles. The number of hydrogen-bond acceptors (Lipinski definition) is 4. The highest BCUT2D eigenvalue weighted by atomic mass is 32.1. The Bertz CT molecular complexity index is 375. The number of aryl methyl sites for hydroxylation is 1. The van der Waals surface area contributed by atoms with Gasteiger partial charge in [-0.1, -0.05) is 19.1 Å². The number of thiocarbonyl (C=S) groups is 1. The van der Waals surface area contributed by atoms with Crippen molar-refractivity contribution in [3.63, 3.8) is 0 Å². The Morgan fingerprint density at radius 3 is 2.93 bits per heavy atom. The maximum absolute atomic E-state index is 11.5. The Labute approximate surface area is 93.0 Å². The Morgan fingerprint density at radius 1 is 1.80 bits per heavy atom. The van der Waals surface area contributed by atoms with Gasteiger partial charge in [0.2, 0.25) is 5.76 Å². The fourth-order valence-electron chi connectivity index (χ4n) is 0.947. The SMILES string of the molecule is Cc1ncoc1C(=O)NCC(C)C(N)=S. The van der Waals surface area contributed by atoms with Crippen molar-refractivity contribution >= 4 is 23.1 Å². The smallest absolute Gasteiger partial charge is 0.289 e. The van der Waals surface area contributed by atoms with Crippen molar-refractivity contribution in [1.29, 1.82) is 0 Å². The van der Waals surface area contributed by atoms with E-state index in [2.05, 4.69) is 10.3 Å². The molecular formula is C9H13N3O2S. The van der Waals surface area contributed by atoms with Crippen molar-refractivity contribution in [3.8, 4) is 0 Å². The van der Waals surface area contributed by atoms with Crippen molar-refractivity contribution in [2.45, 2.75) is 13.8 Å². The van der Waals surface area contributed by atoms with Crippen molar-refractivity contribution in [2.24, 2.45) is 11.7 Å².